The Kier molecular flexibility index (Phi) is 17.1. The number of hydrogen-bond donors (Lipinski definition) is 0. The largest absolute Gasteiger partial charge is 1.00 e. The van der Waals surface area contributed by atoms with Gasteiger partial charge in [0.05, 0.1) is 46.9 Å². The minimum Gasteiger partial charge on any atom is -0.545 e. The Morgan fingerprint density at radius 2 is 0.691 bits per heavy atom. The van der Waals surface area contributed by atoms with E-state index < -0.39 is 11.9 Å². The number of para-hydroxylation sites is 4. The molecule has 0 bridgehead atoms. The molecule has 12 nitrogen and oxygen atoms in total. The van der Waals surface area contributed by atoms with Gasteiger partial charge < -0.3 is 40.3 Å². The quantitative estimate of drug-likeness (QED) is 0.0924. The third-order valence-electron chi connectivity index (χ3n) is 8.05. The van der Waals surface area contributed by atoms with Crippen LogP contribution in [0.15, 0.2) is 121 Å². The Labute approximate surface area is 367 Å². The first-order chi connectivity index (χ1) is 24.3. The number of benzene rings is 4. The van der Waals surface area contributed by atoms with Crippen molar-refractivity contribution in [1.29, 1.82) is 0 Å². The SMILES string of the molecule is O=C([O-])c1cc(-c2cc(C(=O)[O-])c3ccccc3n2)nc2ccccc12.O=[C-]c1cc(-c2cc([C-]=O)c3ccccc3n2)nc2ccccc12.[Cu+].[Na+].[Na+].[OH3+].[OH3+]. The zero-order valence-electron chi connectivity index (χ0n) is 29.2. The van der Waals surface area contributed by atoms with Crippen LogP contribution < -0.4 is 69.3 Å². The third-order valence-corrected chi connectivity index (χ3v) is 8.05. The molecule has 0 atom stereocenters. The molecule has 0 saturated carbocycles. The number of carbonyl (C=O) groups is 2. The molecule has 4 aromatic heterocycles. The maximum absolute atomic E-state index is 11.5. The maximum Gasteiger partial charge on any atom is 1.00 e. The van der Waals surface area contributed by atoms with Gasteiger partial charge in [0.15, 0.2) is 0 Å². The summed E-state index contributed by atoms with van der Waals surface area (Å²) in [4.78, 5) is 63.6. The van der Waals surface area contributed by atoms with Gasteiger partial charge in [0.25, 0.3) is 0 Å². The van der Waals surface area contributed by atoms with E-state index in [4.69, 9.17) is 0 Å². The second-order valence-corrected chi connectivity index (χ2v) is 11.1. The molecule has 0 radical (unpaired) electrons. The van der Waals surface area contributed by atoms with Gasteiger partial charge in [0.1, 0.15) is 0 Å². The van der Waals surface area contributed by atoms with Crippen LogP contribution in [0, 0.1) is 0 Å². The second-order valence-electron chi connectivity index (χ2n) is 11.1. The molecule has 0 aliphatic heterocycles. The molecule has 0 spiro atoms. The Morgan fingerprint density at radius 3 is 0.982 bits per heavy atom. The smallest absolute Gasteiger partial charge is 0.545 e. The Balaban J connectivity index is 0.000000349. The number of pyridine rings is 4. The summed E-state index contributed by atoms with van der Waals surface area (Å²) in [6, 6.07) is 34.2. The van der Waals surface area contributed by atoms with Crippen molar-refractivity contribution in [2.45, 2.75) is 0 Å². The minimum absolute atomic E-state index is 0. The van der Waals surface area contributed by atoms with E-state index in [0.29, 0.717) is 55.4 Å². The molecule has 4 heterocycles. The number of fused-ring (bicyclic) bond motifs is 4. The number of carbonyl (C=O) groups excluding carboxylic acids is 4. The van der Waals surface area contributed by atoms with Crippen LogP contribution in [0.2, 0.25) is 0 Å². The van der Waals surface area contributed by atoms with E-state index in [1.807, 2.05) is 61.1 Å². The molecule has 0 saturated heterocycles. The number of nitrogens with zero attached hydrogens (tertiary/aromatic N) is 4. The van der Waals surface area contributed by atoms with Gasteiger partial charge in [-0.25, -0.2) is 9.97 Å². The first kappa shape index (κ1) is 46.4. The van der Waals surface area contributed by atoms with Crippen LogP contribution in [0.1, 0.15) is 31.8 Å². The predicted octanol–water partition coefficient (Wildman–Crippen LogP) is -3.30. The van der Waals surface area contributed by atoms with Crippen LogP contribution in [0.4, 0.5) is 0 Å². The van der Waals surface area contributed by atoms with Crippen molar-refractivity contribution in [3.63, 3.8) is 0 Å². The average Bonchev–Trinajstić information content (AvgIpc) is 3.16. The fourth-order valence-corrected chi connectivity index (χ4v) is 5.73. The monoisotopic (exact) mass is 799 g/mol. The fraction of sp³-hybridized carbons (Fsp3) is 0. The molecule has 0 aliphatic rings. The van der Waals surface area contributed by atoms with Crippen LogP contribution in [0.25, 0.3) is 66.4 Å². The van der Waals surface area contributed by atoms with Crippen LogP contribution in [0.3, 0.4) is 0 Å². The average molecular weight is 800 g/mol. The summed E-state index contributed by atoms with van der Waals surface area (Å²) >= 11 is 0. The number of aromatic nitrogens is 4. The molecule has 55 heavy (non-hydrogen) atoms. The number of carboxylic acids is 2. The van der Waals surface area contributed by atoms with Crippen molar-refractivity contribution in [1.82, 2.24) is 19.9 Å². The number of rotatable bonds is 6. The standard InChI is InChI=1S/C20H12N2O4.C20H10N2O2.Cu.2Na.2H2O/c23-19(24)13-9-17(21-15-7-3-1-5-11(13)15)18-10-14(20(25)26)12-6-2-4-8-16(12)22-18;23-11-13-9-19(21-17-7-3-1-5-15(13)17)20-10-14(12-24)16-6-2-4-8-18(16)22-20;;;;;/h1-10H,(H,23,24)(H,25,26);1-10H;;;;2*1H2/q;-2;3*+1;;. The maximum atomic E-state index is 11.5. The van der Waals surface area contributed by atoms with Crippen molar-refractivity contribution in [2.75, 3.05) is 0 Å². The Bertz CT molecular complexity index is 2510. The zero-order valence-corrected chi connectivity index (χ0v) is 34.2. The summed E-state index contributed by atoms with van der Waals surface area (Å²) in [6.45, 7) is 0. The van der Waals surface area contributed by atoms with Gasteiger partial charge in [0.2, 0.25) is 0 Å². The third kappa shape index (κ3) is 9.55. The van der Waals surface area contributed by atoms with Gasteiger partial charge >= 0.3 is 76.2 Å². The fourth-order valence-electron chi connectivity index (χ4n) is 5.73. The first-order valence-corrected chi connectivity index (χ1v) is 15.1. The van der Waals surface area contributed by atoms with Crippen molar-refractivity contribution < 1.29 is 117 Å². The van der Waals surface area contributed by atoms with E-state index in [9.17, 15) is 29.4 Å². The molecule has 0 unspecified atom stereocenters. The van der Waals surface area contributed by atoms with E-state index >= 15 is 0 Å². The molecule has 4 aromatic carbocycles. The van der Waals surface area contributed by atoms with E-state index in [1.165, 1.54) is 12.1 Å². The van der Waals surface area contributed by atoms with Gasteiger partial charge in [-0.05, 0) is 36.4 Å². The van der Waals surface area contributed by atoms with Crippen LogP contribution in [0.5, 0.6) is 0 Å². The van der Waals surface area contributed by atoms with Crippen LogP contribution in [-0.4, -0.2) is 44.4 Å². The normalized spacial score (nSPS) is 9.89. The predicted molar refractivity (Wildman–Crippen MR) is 193 cm³/mol. The number of carboxylic acid groups (broad SMARTS) is 2. The zero-order chi connectivity index (χ0) is 34.8. The van der Waals surface area contributed by atoms with Crippen molar-refractivity contribution in [2.24, 2.45) is 0 Å². The molecule has 0 aliphatic carbocycles. The summed E-state index contributed by atoms with van der Waals surface area (Å²) < 4.78 is 0. The topological polar surface area (TPSA) is 232 Å². The Hall–Kier alpha value is -4.76. The van der Waals surface area contributed by atoms with Crippen molar-refractivity contribution in [3.8, 4) is 22.8 Å². The Morgan fingerprint density at radius 1 is 0.436 bits per heavy atom. The molecular formula is C40H26CuN4Na2O8+. The van der Waals surface area contributed by atoms with E-state index in [-0.39, 0.29) is 110 Å². The van der Waals surface area contributed by atoms with Gasteiger partial charge in [0, 0.05) is 44.3 Å². The second kappa shape index (κ2) is 20.2. The van der Waals surface area contributed by atoms with E-state index in [0.717, 1.165) is 10.8 Å². The molecule has 0 fully saturated rings. The molecule has 266 valence electrons. The molecule has 8 rings (SSSR count). The first-order valence-electron chi connectivity index (χ1n) is 15.1. The van der Waals surface area contributed by atoms with Gasteiger partial charge in [-0.2, -0.15) is 0 Å². The van der Waals surface area contributed by atoms with Gasteiger partial charge in [-0.1, -0.05) is 71.4 Å². The molecule has 15 heteroatoms. The summed E-state index contributed by atoms with van der Waals surface area (Å²) in [5.74, 6) is -2.68. The molecule has 0 amide bonds. The van der Waals surface area contributed by atoms with Crippen LogP contribution >= 0.6 is 0 Å². The number of hydrogen-bond acceptors (Lipinski definition) is 10. The van der Waals surface area contributed by atoms with Gasteiger partial charge in [-0.3, -0.25) is 9.97 Å². The van der Waals surface area contributed by atoms with Crippen LogP contribution in [-0.2, 0) is 37.6 Å². The minimum atomic E-state index is -1.34. The van der Waals surface area contributed by atoms with E-state index in [1.54, 1.807) is 60.7 Å². The van der Waals surface area contributed by atoms with Gasteiger partial charge in [-0.15, -0.1) is 35.4 Å². The molecule has 8 aromatic rings. The van der Waals surface area contributed by atoms with E-state index in [2.05, 4.69) is 19.9 Å². The summed E-state index contributed by atoms with van der Waals surface area (Å²) in [6.07, 6.45) is 3.90. The van der Waals surface area contributed by atoms with Crippen molar-refractivity contribution in [3.05, 3.63) is 144 Å². The summed E-state index contributed by atoms with van der Waals surface area (Å²) in [5, 5.41) is 25.4. The summed E-state index contributed by atoms with van der Waals surface area (Å²) in [7, 11) is 0. The summed E-state index contributed by atoms with van der Waals surface area (Å²) in [5.41, 5.74) is 4.58. The number of aromatic carboxylic acids is 2. The van der Waals surface area contributed by atoms with Crippen molar-refractivity contribution >= 4 is 68.1 Å². The molecule has 6 N–H and O–H groups in total. The molecular weight excluding hydrogens is 774 g/mol.